The molecule has 0 aliphatic carbocycles. The number of aromatic hydroxyl groups is 1. The molecule has 0 saturated heterocycles. The predicted octanol–water partition coefficient (Wildman–Crippen LogP) is -6.71. The summed E-state index contributed by atoms with van der Waals surface area (Å²) < 4.78 is 0. The fourth-order valence-corrected chi connectivity index (χ4v) is 6.22. The summed E-state index contributed by atoms with van der Waals surface area (Å²) in [5.74, 6) is -12.8. The van der Waals surface area contributed by atoms with E-state index in [0.29, 0.717) is 27.9 Å². The number of nitro groups is 2. The van der Waals surface area contributed by atoms with Gasteiger partial charge in [-0.3, -0.25) is 49.0 Å². The fraction of sp³-hybridized carbons (Fsp3) is 0.184. The van der Waals surface area contributed by atoms with Gasteiger partial charge >= 0.3 is 5.69 Å². The summed E-state index contributed by atoms with van der Waals surface area (Å²) in [6.45, 7) is -0.726. The van der Waals surface area contributed by atoms with E-state index >= 15 is 0 Å². The molecule has 0 fully saturated rings. The van der Waals surface area contributed by atoms with Gasteiger partial charge in [-0.1, -0.05) is 60.7 Å². The molecule has 6 atom stereocenters. The monoisotopic (exact) mass is 1000 g/mol. The van der Waals surface area contributed by atoms with Gasteiger partial charge in [-0.25, -0.2) is 25.0 Å². The Kier molecular flexibility index (Phi) is 17.9. The standard InChI is InChI=1S/C38H46N22O12/c39-23(62)24(54-35(40)41)50-30(64)26(56-37(44)45)52-32(66)27(57-38(46)47)53-31(65)25(55-36(42)43)51-29(63)22(16-7-2-1-3-8-16)49-33(67)34(68)58(28-20(60(71)72)12-17(13-48-28)59(69)70)14-19-18-9-5-4-6-15(18)10-11-21(19)61/h1-13,22,24-27,34,61,68H,14H2,(H2,39,62)(H,49,67)(H,50,64)(H,51,63)(H,52,66)(H,53,65)(H4,40,41,54)(H4,42,43,55)(H4,44,45,56)(H4,46,47,57). The Bertz CT molecular complexity index is 2870. The summed E-state index contributed by atoms with van der Waals surface area (Å²) in [7, 11) is 0. The van der Waals surface area contributed by atoms with E-state index in [4.69, 9.17) is 51.6 Å². The van der Waals surface area contributed by atoms with Crippen molar-refractivity contribution in [2.75, 3.05) is 4.90 Å². The SMILES string of the molecule is NC(=O)C(N=C(N)N)NC(=O)C(N=C(N)N)NC(=O)C(N=C(N)N)NC(=O)C(N=C(N)N)NC(=O)C(NC(=O)C(O)N(Cc1c(O)ccc2ccccc12)c1ncc([N+](=O)[O-])cc1[N+](=O)[O-])c1ccccc1. The number of hydrogen-bond acceptors (Lipinski definition) is 18. The maximum Gasteiger partial charge on any atom is 0.318 e. The average molecular weight is 1000 g/mol. The second-order valence-corrected chi connectivity index (χ2v) is 14.5. The number of benzene rings is 3. The number of aromatic nitrogens is 1. The van der Waals surface area contributed by atoms with E-state index < -0.39 is 136 Å². The second kappa shape index (κ2) is 23.9. The summed E-state index contributed by atoms with van der Waals surface area (Å²) in [5, 5.41) is 58.0. The van der Waals surface area contributed by atoms with Crippen LogP contribution < -0.4 is 83.1 Å². The number of pyridine rings is 1. The number of amides is 6. The number of nitrogens with zero attached hydrogens (tertiary/aromatic N) is 8. The molecule has 380 valence electrons. The van der Waals surface area contributed by atoms with Crippen LogP contribution >= 0.6 is 0 Å². The molecule has 0 bridgehead atoms. The minimum absolute atomic E-state index is 0.000138. The summed E-state index contributed by atoms with van der Waals surface area (Å²) >= 11 is 0. The van der Waals surface area contributed by atoms with E-state index in [1.807, 2.05) is 16.0 Å². The lowest BCUT2D eigenvalue weighted by Gasteiger charge is -2.30. The average Bonchev–Trinajstić information content (AvgIpc) is 3.31. The Hall–Kier alpha value is -10.7. The lowest BCUT2D eigenvalue weighted by Crippen LogP contribution is -2.58. The van der Waals surface area contributed by atoms with Crippen molar-refractivity contribution in [1.82, 2.24) is 31.6 Å². The van der Waals surface area contributed by atoms with Crippen LogP contribution in [-0.4, -0.2) is 115 Å². The first-order chi connectivity index (χ1) is 33.9. The molecule has 6 amide bonds. The number of carbonyl (C=O) groups excluding carboxylic acids is 6. The first-order valence-electron chi connectivity index (χ1n) is 20.0. The molecule has 72 heavy (non-hydrogen) atoms. The number of hydrogen-bond donors (Lipinski definition) is 16. The number of carbonyl (C=O) groups is 6. The molecule has 3 aromatic carbocycles. The number of guanidine groups is 4. The second-order valence-electron chi connectivity index (χ2n) is 14.5. The maximum atomic E-state index is 14.3. The lowest BCUT2D eigenvalue weighted by molar-refractivity contribution is -0.394. The fourth-order valence-electron chi connectivity index (χ4n) is 6.22. The van der Waals surface area contributed by atoms with Gasteiger partial charge in [-0.2, -0.15) is 0 Å². The largest absolute Gasteiger partial charge is 0.508 e. The number of anilines is 1. The molecule has 0 aliphatic heterocycles. The minimum Gasteiger partial charge on any atom is -0.508 e. The highest BCUT2D eigenvalue weighted by Gasteiger charge is 2.37. The third-order valence-corrected chi connectivity index (χ3v) is 9.31. The molecule has 34 heteroatoms. The Morgan fingerprint density at radius 3 is 1.57 bits per heavy atom. The van der Waals surface area contributed by atoms with E-state index in [1.165, 1.54) is 42.5 Å². The van der Waals surface area contributed by atoms with Crippen LogP contribution in [0.2, 0.25) is 0 Å². The zero-order valence-electron chi connectivity index (χ0n) is 36.9. The molecule has 4 aromatic rings. The molecular weight excluding hydrogens is 957 g/mol. The van der Waals surface area contributed by atoms with Crippen LogP contribution in [0, 0.1) is 20.2 Å². The highest BCUT2D eigenvalue weighted by atomic mass is 16.6. The molecule has 0 radical (unpaired) electrons. The highest BCUT2D eigenvalue weighted by molar-refractivity contribution is 5.99. The highest BCUT2D eigenvalue weighted by Crippen LogP contribution is 2.35. The van der Waals surface area contributed by atoms with E-state index in [2.05, 4.69) is 35.6 Å². The number of nitrogens with two attached hydrogens (primary N) is 9. The number of fused-ring (bicyclic) bond motifs is 1. The van der Waals surface area contributed by atoms with E-state index in [0.717, 1.165) is 0 Å². The third-order valence-electron chi connectivity index (χ3n) is 9.31. The summed E-state index contributed by atoms with van der Waals surface area (Å²) in [5.41, 5.74) is 46.8. The van der Waals surface area contributed by atoms with Crippen LogP contribution in [0.15, 0.2) is 99.0 Å². The van der Waals surface area contributed by atoms with Crippen molar-refractivity contribution in [1.29, 1.82) is 0 Å². The van der Waals surface area contributed by atoms with Gasteiger partial charge in [0.1, 0.15) is 18.0 Å². The van der Waals surface area contributed by atoms with Crippen molar-refractivity contribution in [3.05, 3.63) is 110 Å². The van der Waals surface area contributed by atoms with Gasteiger partial charge in [-0.05, 0) is 22.4 Å². The smallest absolute Gasteiger partial charge is 0.318 e. The van der Waals surface area contributed by atoms with Crippen LogP contribution in [0.5, 0.6) is 5.75 Å². The third kappa shape index (κ3) is 14.4. The number of aliphatic hydroxyl groups is 1. The van der Waals surface area contributed by atoms with Crippen LogP contribution in [-0.2, 0) is 35.3 Å². The van der Waals surface area contributed by atoms with Crippen molar-refractivity contribution >= 4 is 87.2 Å². The van der Waals surface area contributed by atoms with Gasteiger partial charge in [0.15, 0.2) is 23.8 Å². The van der Waals surface area contributed by atoms with Crippen molar-refractivity contribution < 1.29 is 48.8 Å². The molecule has 0 spiro atoms. The Labute approximate surface area is 403 Å². The number of primary amides is 1. The number of phenolic OH excluding ortho intramolecular Hbond substituents is 1. The number of phenols is 1. The molecule has 0 aliphatic rings. The molecular formula is C38H46N22O12. The van der Waals surface area contributed by atoms with Gasteiger partial charge in [0.05, 0.1) is 22.5 Å². The van der Waals surface area contributed by atoms with E-state index in [-0.39, 0.29) is 11.1 Å². The molecule has 0 saturated carbocycles. The lowest BCUT2D eigenvalue weighted by atomic mass is 10.0. The Morgan fingerprint density at radius 1 is 0.611 bits per heavy atom. The molecule has 6 unspecified atom stereocenters. The van der Waals surface area contributed by atoms with Gasteiger partial charge in [0, 0.05) is 5.56 Å². The van der Waals surface area contributed by atoms with Crippen LogP contribution in [0.3, 0.4) is 0 Å². The topological polar surface area (TPSA) is 589 Å². The van der Waals surface area contributed by atoms with Gasteiger partial charge in [-0.15, -0.1) is 0 Å². The normalized spacial score (nSPS) is 13.1. The number of aliphatic imine (C=N–C) groups is 4. The zero-order valence-corrected chi connectivity index (χ0v) is 36.9. The number of aliphatic hydroxyl groups excluding tert-OH is 1. The summed E-state index contributed by atoms with van der Waals surface area (Å²) in [4.78, 5) is 121. The van der Waals surface area contributed by atoms with Crippen molar-refractivity contribution in [3.63, 3.8) is 0 Å². The minimum atomic E-state index is -2.57. The Balaban J connectivity index is 1.71. The van der Waals surface area contributed by atoms with Crippen LogP contribution in [0.1, 0.15) is 17.2 Å². The van der Waals surface area contributed by atoms with Crippen molar-refractivity contribution in [2.45, 2.75) is 43.5 Å². The number of nitrogens with one attached hydrogen (secondary N) is 5. The van der Waals surface area contributed by atoms with E-state index in [1.54, 1.807) is 24.3 Å². The van der Waals surface area contributed by atoms with Gasteiger partial charge in [0.2, 0.25) is 42.6 Å². The quantitative estimate of drug-likeness (QED) is 0.0114. The van der Waals surface area contributed by atoms with Crippen molar-refractivity contribution in [2.24, 2.45) is 71.6 Å². The van der Waals surface area contributed by atoms with Crippen molar-refractivity contribution in [3.8, 4) is 5.75 Å². The number of rotatable bonds is 22. The summed E-state index contributed by atoms with van der Waals surface area (Å²) in [6, 6.07) is 14.8. The van der Waals surface area contributed by atoms with Crippen LogP contribution in [0.4, 0.5) is 17.2 Å². The van der Waals surface area contributed by atoms with Crippen LogP contribution in [0.25, 0.3) is 10.8 Å². The van der Waals surface area contributed by atoms with E-state index in [9.17, 15) is 59.2 Å². The predicted molar refractivity (Wildman–Crippen MR) is 253 cm³/mol. The molecule has 25 N–H and O–H groups in total. The Morgan fingerprint density at radius 2 is 1.08 bits per heavy atom. The summed E-state index contributed by atoms with van der Waals surface area (Å²) in [6.07, 6.45) is -10.5. The first-order valence-corrected chi connectivity index (χ1v) is 20.0. The molecule has 1 aromatic heterocycles. The first kappa shape index (κ1) is 53.9. The molecule has 4 rings (SSSR count). The maximum absolute atomic E-state index is 14.3. The zero-order chi connectivity index (χ0) is 53.6. The van der Waals surface area contributed by atoms with Gasteiger partial charge < -0.3 is 93.3 Å². The van der Waals surface area contributed by atoms with Gasteiger partial charge in [0.25, 0.3) is 35.2 Å². The molecule has 1 heterocycles. The molecule has 34 nitrogen and oxygen atoms in total.